The van der Waals surface area contributed by atoms with Crippen molar-refractivity contribution in [2.24, 2.45) is 5.41 Å². The predicted molar refractivity (Wildman–Crippen MR) is 109 cm³/mol. The van der Waals surface area contributed by atoms with Gasteiger partial charge in [0.15, 0.2) is 0 Å². The van der Waals surface area contributed by atoms with E-state index in [1.807, 2.05) is 48.5 Å². The lowest BCUT2D eigenvalue weighted by atomic mass is 9.88. The Bertz CT molecular complexity index is 848. The van der Waals surface area contributed by atoms with E-state index >= 15 is 0 Å². The summed E-state index contributed by atoms with van der Waals surface area (Å²) in [6, 6.07) is 15.5. The summed E-state index contributed by atoms with van der Waals surface area (Å²) in [6.45, 7) is 4.50. The van der Waals surface area contributed by atoms with Gasteiger partial charge in [-0.25, -0.2) is 0 Å². The summed E-state index contributed by atoms with van der Waals surface area (Å²) in [4.78, 5) is 27.6. The molecule has 0 unspecified atom stereocenters. The van der Waals surface area contributed by atoms with Crippen LogP contribution >= 0.6 is 11.6 Å². The van der Waals surface area contributed by atoms with E-state index in [0.29, 0.717) is 24.5 Å². The fourth-order valence-corrected chi connectivity index (χ4v) is 3.63. The van der Waals surface area contributed by atoms with Crippen LogP contribution in [0.25, 0.3) is 0 Å². The maximum absolute atomic E-state index is 13.1. The molecule has 0 fully saturated rings. The highest BCUT2D eigenvalue weighted by Gasteiger charge is 2.40. The van der Waals surface area contributed by atoms with Crippen LogP contribution in [-0.4, -0.2) is 24.9 Å². The average molecular weight is 385 g/mol. The average Bonchev–Trinajstić information content (AvgIpc) is 2.67. The van der Waals surface area contributed by atoms with Crippen LogP contribution in [-0.2, 0) is 22.4 Å². The number of benzene rings is 2. The third-order valence-electron chi connectivity index (χ3n) is 5.05. The molecule has 4 nitrogen and oxygen atoms in total. The molecule has 2 aromatic rings. The Balaban J connectivity index is 1.64. The molecule has 27 heavy (non-hydrogen) atoms. The number of fused-ring (bicyclic) bond motifs is 1. The summed E-state index contributed by atoms with van der Waals surface area (Å²) in [5.41, 5.74) is 2.01. The summed E-state index contributed by atoms with van der Waals surface area (Å²) >= 11 is 5.99. The second kappa shape index (κ2) is 8.13. The predicted octanol–water partition coefficient (Wildman–Crippen LogP) is 4.00. The lowest BCUT2D eigenvalue weighted by Gasteiger charge is -2.35. The van der Waals surface area contributed by atoms with Crippen LogP contribution in [0.1, 0.15) is 31.4 Å². The molecule has 0 saturated carbocycles. The third-order valence-corrected chi connectivity index (χ3v) is 5.28. The first-order valence-corrected chi connectivity index (χ1v) is 9.70. The number of nitrogens with one attached hydrogen (secondary N) is 1. The molecular formula is C22H25ClN2O2. The molecule has 0 aliphatic carbocycles. The van der Waals surface area contributed by atoms with Gasteiger partial charge in [-0.15, -0.1) is 0 Å². The normalized spacial score (nSPS) is 13.8. The topological polar surface area (TPSA) is 49.4 Å². The molecule has 1 aliphatic rings. The van der Waals surface area contributed by atoms with E-state index < -0.39 is 5.41 Å². The van der Waals surface area contributed by atoms with Crippen molar-refractivity contribution in [3.63, 3.8) is 0 Å². The zero-order chi connectivity index (χ0) is 19.4. The van der Waals surface area contributed by atoms with Crippen LogP contribution in [0, 0.1) is 5.41 Å². The van der Waals surface area contributed by atoms with Crippen molar-refractivity contribution in [2.45, 2.75) is 33.1 Å². The van der Waals surface area contributed by atoms with Crippen LogP contribution in [0.3, 0.4) is 0 Å². The molecule has 1 N–H and O–H groups in total. The SMILES string of the molecule is CC(C)(C(=O)NCCc1cccc(Cl)c1)C(=O)N1CCCc2ccccc21. The van der Waals surface area contributed by atoms with Gasteiger partial charge in [0, 0.05) is 23.8 Å². The summed E-state index contributed by atoms with van der Waals surface area (Å²) in [6.07, 6.45) is 2.55. The second-order valence-electron chi connectivity index (χ2n) is 7.45. The van der Waals surface area contributed by atoms with Crippen molar-refractivity contribution in [3.05, 3.63) is 64.7 Å². The fraction of sp³-hybridized carbons (Fsp3) is 0.364. The Kier molecular flexibility index (Phi) is 5.85. The van der Waals surface area contributed by atoms with Crippen molar-refractivity contribution < 1.29 is 9.59 Å². The van der Waals surface area contributed by atoms with Crippen molar-refractivity contribution in [2.75, 3.05) is 18.0 Å². The minimum Gasteiger partial charge on any atom is -0.355 e. The number of carbonyl (C=O) groups is 2. The zero-order valence-corrected chi connectivity index (χ0v) is 16.6. The summed E-state index contributed by atoms with van der Waals surface area (Å²) in [7, 11) is 0. The minimum absolute atomic E-state index is 0.157. The molecule has 0 atom stereocenters. The minimum atomic E-state index is -1.13. The van der Waals surface area contributed by atoms with Crippen LogP contribution in [0.2, 0.25) is 5.02 Å². The first kappa shape index (κ1) is 19.4. The van der Waals surface area contributed by atoms with Crippen molar-refractivity contribution >= 4 is 29.1 Å². The van der Waals surface area contributed by atoms with Gasteiger partial charge in [-0.1, -0.05) is 41.9 Å². The molecule has 2 amide bonds. The molecule has 1 aliphatic heterocycles. The van der Waals surface area contributed by atoms with Gasteiger partial charge in [-0.3, -0.25) is 9.59 Å². The van der Waals surface area contributed by atoms with Crippen molar-refractivity contribution in [3.8, 4) is 0 Å². The van der Waals surface area contributed by atoms with Gasteiger partial charge in [0.1, 0.15) is 5.41 Å². The molecule has 0 radical (unpaired) electrons. The van der Waals surface area contributed by atoms with Gasteiger partial charge in [-0.05, 0) is 62.4 Å². The third kappa shape index (κ3) is 4.33. The molecular weight excluding hydrogens is 360 g/mol. The van der Waals surface area contributed by atoms with E-state index in [0.717, 1.165) is 29.7 Å². The number of rotatable bonds is 5. The number of nitrogens with zero attached hydrogens (tertiary/aromatic N) is 1. The highest BCUT2D eigenvalue weighted by molar-refractivity contribution is 6.30. The van der Waals surface area contributed by atoms with E-state index in [4.69, 9.17) is 11.6 Å². The van der Waals surface area contributed by atoms with Crippen LogP contribution in [0.5, 0.6) is 0 Å². The van der Waals surface area contributed by atoms with Crippen LogP contribution in [0.15, 0.2) is 48.5 Å². The maximum atomic E-state index is 13.1. The number of anilines is 1. The number of hydrogen-bond donors (Lipinski definition) is 1. The number of halogens is 1. The standard InChI is InChI=1S/C22H25ClN2O2/c1-22(2,20(26)24-13-12-16-7-5-10-18(23)15-16)21(27)25-14-6-9-17-8-3-4-11-19(17)25/h3-5,7-8,10-11,15H,6,9,12-14H2,1-2H3,(H,24,26). The Morgan fingerprint density at radius 3 is 2.70 bits per heavy atom. The van der Waals surface area contributed by atoms with Crippen LogP contribution < -0.4 is 10.2 Å². The molecule has 0 spiro atoms. The van der Waals surface area contributed by atoms with Crippen LogP contribution in [0.4, 0.5) is 5.69 Å². The zero-order valence-electron chi connectivity index (χ0n) is 15.8. The quantitative estimate of drug-likeness (QED) is 0.792. The van der Waals surface area contributed by atoms with E-state index in [2.05, 4.69) is 5.32 Å². The van der Waals surface area contributed by atoms with Gasteiger partial charge < -0.3 is 10.2 Å². The Hall–Kier alpha value is -2.33. The monoisotopic (exact) mass is 384 g/mol. The molecule has 1 heterocycles. The Morgan fingerprint density at radius 1 is 1.15 bits per heavy atom. The fourth-order valence-electron chi connectivity index (χ4n) is 3.41. The molecule has 5 heteroatoms. The smallest absolute Gasteiger partial charge is 0.242 e. The Morgan fingerprint density at radius 2 is 1.93 bits per heavy atom. The first-order valence-electron chi connectivity index (χ1n) is 9.32. The largest absolute Gasteiger partial charge is 0.355 e. The number of hydrogen-bond acceptors (Lipinski definition) is 2. The van der Waals surface area contributed by atoms with E-state index in [1.54, 1.807) is 18.7 Å². The summed E-state index contributed by atoms with van der Waals surface area (Å²) in [5.74, 6) is -0.410. The second-order valence-corrected chi connectivity index (χ2v) is 7.89. The lowest BCUT2D eigenvalue weighted by molar-refractivity contribution is -0.139. The van der Waals surface area contributed by atoms with Gasteiger partial charge >= 0.3 is 0 Å². The number of amides is 2. The highest BCUT2D eigenvalue weighted by Crippen LogP contribution is 2.31. The van der Waals surface area contributed by atoms with E-state index in [1.165, 1.54) is 0 Å². The molecule has 2 aromatic carbocycles. The number of carbonyl (C=O) groups excluding carboxylic acids is 2. The van der Waals surface area contributed by atoms with Gasteiger partial charge in [0.05, 0.1) is 0 Å². The van der Waals surface area contributed by atoms with Crippen molar-refractivity contribution in [1.82, 2.24) is 5.32 Å². The van der Waals surface area contributed by atoms with Gasteiger partial charge in [0.2, 0.25) is 11.8 Å². The highest BCUT2D eigenvalue weighted by atomic mass is 35.5. The van der Waals surface area contributed by atoms with Gasteiger partial charge in [0.25, 0.3) is 0 Å². The first-order chi connectivity index (χ1) is 12.9. The summed E-state index contributed by atoms with van der Waals surface area (Å²) in [5, 5.41) is 3.58. The Labute approximate surface area is 165 Å². The summed E-state index contributed by atoms with van der Waals surface area (Å²) < 4.78 is 0. The molecule has 3 rings (SSSR count). The van der Waals surface area contributed by atoms with E-state index in [9.17, 15) is 9.59 Å². The molecule has 0 saturated heterocycles. The lowest BCUT2D eigenvalue weighted by Crippen LogP contribution is -2.51. The number of aryl methyl sites for hydroxylation is 1. The molecule has 0 bridgehead atoms. The number of para-hydroxylation sites is 1. The van der Waals surface area contributed by atoms with Crippen molar-refractivity contribution in [1.29, 1.82) is 0 Å². The van der Waals surface area contributed by atoms with E-state index in [-0.39, 0.29) is 11.8 Å². The maximum Gasteiger partial charge on any atom is 0.242 e. The molecule has 0 aromatic heterocycles. The van der Waals surface area contributed by atoms with Gasteiger partial charge in [-0.2, -0.15) is 0 Å². The molecule has 142 valence electrons.